The molecule has 0 saturated heterocycles. The Morgan fingerprint density at radius 2 is 1.14 bits per heavy atom. The largest absolute Gasteiger partial charge is 0.478 e. The molecular formula is C52H49F3N4O4. The average molecular weight is 851 g/mol. The van der Waals surface area contributed by atoms with Gasteiger partial charge in [-0.15, -0.1) is 0 Å². The van der Waals surface area contributed by atoms with Crippen molar-refractivity contribution in [3.8, 4) is 0 Å². The molecule has 6 aromatic rings. The van der Waals surface area contributed by atoms with Crippen molar-refractivity contribution in [3.05, 3.63) is 153 Å². The Morgan fingerprint density at radius 3 is 1.62 bits per heavy atom. The van der Waals surface area contributed by atoms with Gasteiger partial charge in [-0.2, -0.15) is 0 Å². The molecule has 8 aliphatic rings. The van der Waals surface area contributed by atoms with Gasteiger partial charge in [0.2, 0.25) is 0 Å². The van der Waals surface area contributed by atoms with Crippen LogP contribution in [0.4, 0.5) is 13.2 Å². The molecule has 4 unspecified atom stereocenters. The third-order valence-electron chi connectivity index (χ3n) is 15.2. The lowest BCUT2D eigenvalue weighted by Crippen LogP contribution is -2.78. The molecule has 4 atom stereocenters. The number of halogens is 3. The molecule has 2 aliphatic heterocycles. The van der Waals surface area contributed by atoms with Crippen LogP contribution in [-0.4, -0.2) is 70.7 Å². The summed E-state index contributed by atoms with van der Waals surface area (Å²) in [7, 11) is 0. The summed E-state index contributed by atoms with van der Waals surface area (Å²) in [6.07, 6.45) is 11.8. The van der Waals surface area contributed by atoms with Crippen LogP contribution in [0.3, 0.4) is 0 Å². The van der Waals surface area contributed by atoms with Crippen molar-refractivity contribution < 1.29 is 33.0 Å². The van der Waals surface area contributed by atoms with E-state index in [1.807, 2.05) is 43.3 Å². The number of alkyl halides is 1. The molecule has 322 valence electrons. The van der Waals surface area contributed by atoms with E-state index in [1.54, 1.807) is 6.08 Å². The van der Waals surface area contributed by atoms with Gasteiger partial charge in [-0.25, -0.2) is 22.8 Å². The van der Waals surface area contributed by atoms with Crippen LogP contribution in [0.25, 0.3) is 34.0 Å². The van der Waals surface area contributed by atoms with Gasteiger partial charge in [-0.3, -0.25) is 9.80 Å². The first-order valence-corrected chi connectivity index (χ1v) is 22.1. The molecule has 63 heavy (non-hydrogen) atoms. The van der Waals surface area contributed by atoms with E-state index in [2.05, 4.69) is 63.1 Å². The number of H-pyrrole nitrogens is 2. The second-order valence-corrected chi connectivity index (χ2v) is 19.4. The van der Waals surface area contributed by atoms with Crippen LogP contribution in [0, 0.1) is 17.6 Å². The maximum absolute atomic E-state index is 15.5. The van der Waals surface area contributed by atoms with Crippen molar-refractivity contribution in [3.63, 3.8) is 0 Å². The molecule has 0 spiro atoms. The van der Waals surface area contributed by atoms with E-state index in [1.165, 1.54) is 59.1 Å². The lowest BCUT2D eigenvalue weighted by Gasteiger charge is -2.72. The lowest BCUT2D eigenvalue weighted by molar-refractivity contribution is -0.246. The molecule has 6 fully saturated rings. The van der Waals surface area contributed by atoms with Crippen molar-refractivity contribution in [1.82, 2.24) is 19.8 Å². The van der Waals surface area contributed by atoms with E-state index >= 15 is 8.78 Å². The van der Waals surface area contributed by atoms with E-state index in [0.717, 1.165) is 58.3 Å². The van der Waals surface area contributed by atoms with Gasteiger partial charge in [0.1, 0.15) is 17.3 Å². The van der Waals surface area contributed by atoms with Gasteiger partial charge in [-0.05, 0) is 116 Å². The summed E-state index contributed by atoms with van der Waals surface area (Å²) in [5, 5.41) is 20.1. The van der Waals surface area contributed by atoms with Crippen LogP contribution in [0.15, 0.2) is 97.1 Å². The minimum Gasteiger partial charge on any atom is -0.478 e. The number of carboxylic acid groups (broad SMARTS) is 2. The third-order valence-corrected chi connectivity index (χ3v) is 15.2. The van der Waals surface area contributed by atoms with Crippen molar-refractivity contribution in [1.29, 1.82) is 0 Å². The number of benzene rings is 4. The number of fused-ring (bicyclic) bond motifs is 6. The molecule has 4 N–H and O–H groups in total. The fourth-order valence-electron chi connectivity index (χ4n) is 12.7. The zero-order chi connectivity index (χ0) is 43.6. The predicted molar refractivity (Wildman–Crippen MR) is 237 cm³/mol. The molecule has 8 nitrogen and oxygen atoms in total. The summed E-state index contributed by atoms with van der Waals surface area (Å²) >= 11 is 0. The van der Waals surface area contributed by atoms with Gasteiger partial charge in [-0.1, -0.05) is 60.7 Å². The van der Waals surface area contributed by atoms with Crippen LogP contribution in [0.2, 0.25) is 0 Å². The normalized spacial score (nSPS) is 30.5. The van der Waals surface area contributed by atoms with Crippen LogP contribution in [-0.2, 0) is 22.4 Å². The quantitative estimate of drug-likeness (QED) is 0.114. The summed E-state index contributed by atoms with van der Waals surface area (Å²) in [6, 6.07) is 27.2. The van der Waals surface area contributed by atoms with Gasteiger partial charge in [0.05, 0.1) is 12.1 Å². The van der Waals surface area contributed by atoms with E-state index in [-0.39, 0.29) is 23.2 Å². The Hall–Kier alpha value is -5.91. The first-order valence-electron chi connectivity index (χ1n) is 22.1. The second-order valence-electron chi connectivity index (χ2n) is 19.4. The number of hydrogen-bond acceptors (Lipinski definition) is 4. The van der Waals surface area contributed by atoms with Gasteiger partial charge in [0, 0.05) is 93.3 Å². The van der Waals surface area contributed by atoms with Gasteiger partial charge >= 0.3 is 11.9 Å². The number of carbonyl (C=O) groups is 2. The number of hydrogen-bond donors (Lipinski definition) is 4. The molecule has 4 bridgehead atoms. The highest BCUT2D eigenvalue weighted by molar-refractivity contribution is 5.87. The fraction of sp³-hybridized carbons (Fsp3) is 0.346. The molecule has 14 rings (SSSR count). The number of para-hydroxylation sites is 2. The first-order chi connectivity index (χ1) is 30.2. The minimum absolute atomic E-state index is 0.0306. The second kappa shape index (κ2) is 14.3. The highest BCUT2D eigenvalue weighted by atomic mass is 19.1. The highest BCUT2D eigenvalue weighted by Gasteiger charge is 2.73. The summed E-state index contributed by atoms with van der Waals surface area (Å²) in [4.78, 5) is 33.8. The van der Waals surface area contributed by atoms with Crippen LogP contribution in [0.5, 0.6) is 0 Å². The Kier molecular flexibility index (Phi) is 9.06. The van der Waals surface area contributed by atoms with Crippen molar-refractivity contribution in [2.45, 2.75) is 106 Å². The maximum atomic E-state index is 15.5. The summed E-state index contributed by atoms with van der Waals surface area (Å²) in [5.41, 5.74) is 7.79. The summed E-state index contributed by atoms with van der Waals surface area (Å²) < 4.78 is 45.6. The maximum Gasteiger partial charge on any atom is 0.328 e. The van der Waals surface area contributed by atoms with Crippen LogP contribution < -0.4 is 0 Å². The number of aromatic amines is 2. The van der Waals surface area contributed by atoms with E-state index in [4.69, 9.17) is 10.2 Å². The van der Waals surface area contributed by atoms with Crippen molar-refractivity contribution in [2.75, 3.05) is 0 Å². The third kappa shape index (κ3) is 6.32. The number of carboxylic acids is 2. The molecule has 4 heterocycles. The number of rotatable bonds is 8. The number of nitrogens with one attached hydrogen (secondary N) is 2. The monoisotopic (exact) mass is 850 g/mol. The Bertz CT molecular complexity index is 2850. The summed E-state index contributed by atoms with van der Waals surface area (Å²) in [6.45, 7) is 4.44. The smallest absolute Gasteiger partial charge is 0.328 e. The van der Waals surface area contributed by atoms with Crippen LogP contribution >= 0.6 is 0 Å². The molecule has 6 saturated carbocycles. The van der Waals surface area contributed by atoms with Gasteiger partial charge in [0.25, 0.3) is 0 Å². The molecular weight excluding hydrogens is 802 g/mol. The minimum atomic E-state index is -1.20. The van der Waals surface area contributed by atoms with Crippen molar-refractivity contribution in [2.24, 2.45) is 5.92 Å². The van der Waals surface area contributed by atoms with Gasteiger partial charge in [0.15, 0.2) is 0 Å². The Labute approximate surface area is 363 Å². The SMILES string of the molecule is CC1Cc2c([nH]c3ccccc23)C(c2c(F)cc(/C=C/C(=O)O)cc2F)N1C12CC(F)(C1)C2.CC1Cc2c([nH]c3ccccc23)C(c2ccc(/C=C/C(=O)O)cc2)N1C12CC(C1)C2. The zero-order valence-corrected chi connectivity index (χ0v) is 35.2. The van der Waals surface area contributed by atoms with Crippen LogP contribution in [0.1, 0.15) is 109 Å². The average Bonchev–Trinajstić information content (AvgIpc) is 3.75. The standard InChI is InChI=1S/C26H23F3N2O2.C26H26N2O2/c1-14-8-17-16-4-2-3-5-20(16)30-23(17)24(31(14)26-11-25(29,12-26)13-26)22-18(27)9-15(10-19(22)28)6-7-21(32)33;1-16-12-21-20-4-2-3-5-22(20)27-24(21)25(28(16)26-13-18(14-26)15-26)19-9-6-17(7-10-19)8-11-23(29)30/h2-7,9-10,14,24,30H,8,11-13H2,1H3,(H,32,33);2-11,16,18,25,27H,12-15H2,1H3,(H,29,30)/b7-6+;11-8+. The lowest BCUT2D eigenvalue weighted by atomic mass is 9.46. The molecule has 0 radical (unpaired) electrons. The van der Waals surface area contributed by atoms with E-state index in [0.29, 0.717) is 37.3 Å². The Balaban J connectivity index is 0.000000142. The number of nitrogens with zero attached hydrogens (tertiary/aromatic N) is 2. The highest BCUT2D eigenvalue weighted by Crippen LogP contribution is 2.69. The summed E-state index contributed by atoms with van der Waals surface area (Å²) in [5.74, 6) is -2.66. The molecule has 4 aromatic carbocycles. The number of aromatic nitrogens is 2. The predicted octanol–water partition coefficient (Wildman–Crippen LogP) is 10.7. The van der Waals surface area contributed by atoms with Gasteiger partial charge < -0.3 is 20.2 Å². The molecule has 6 aliphatic carbocycles. The van der Waals surface area contributed by atoms with Crippen molar-refractivity contribution >= 4 is 45.9 Å². The molecule has 11 heteroatoms. The molecule has 0 amide bonds. The zero-order valence-electron chi connectivity index (χ0n) is 35.2. The van der Waals surface area contributed by atoms with E-state index in [9.17, 15) is 14.0 Å². The Morgan fingerprint density at radius 1 is 0.667 bits per heavy atom. The molecule has 2 aromatic heterocycles. The fourth-order valence-corrected chi connectivity index (χ4v) is 12.7. The number of aliphatic carboxylic acids is 2. The first kappa shape index (κ1) is 39.9. The topological polar surface area (TPSA) is 113 Å². The van der Waals surface area contributed by atoms with E-state index < -0.39 is 40.8 Å².